The zero-order valence-corrected chi connectivity index (χ0v) is 12.4. The maximum atomic E-state index is 0. The Morgan fingerprint density at radius 3 is 0.375 bits per heavy atom. The van der Waals surface area contributed by atoms with E-state index in [2.05, 4.69) is 0 Å². The van der Waals surface area contributed by atoms with Gasteiger partial charge in [-0.05, 0) is 0 Å². The molecule has 0 bridgehead atoms. The van der Waals surface area contributed by atoms with Gasteiger partial charge < -0.3 is 24.6 Å². The quantitative estimate of drug-likeness (QED) is 0.447. The molecule has 0 fully saturated rings. The van der Waals surface area contributed by atoms with Crippen LogP contribution in [0.3, 0.4) is 0 Å². The molecule has 4 nitrogen and oxygen atoms in total. The summed E-state index contributed by atoms with van der Waals surface area (Å²) in [7, 11) is 0. The largest absolute Gasteiger partial charge is 0.344 e. The van der Waals surface area contributed by atoms with E-state index >= 15 is 0 Å². The fourth-order valence-electron chi connectivity index (χ4n) is 0. The average molecular weight is 396 g/mol. The monoisotopic (exact) mass is 396 g/mol. The molecule has 50 valence electrons. The molecule has 0 aromatic carbocycles. The minimum atomic E-state index is 0. The third-order valence-corrected chi connectivity index (χ3v) is 0. The van der Waals surface area contributed by atoms with Gasteiger partial charge in [0.1, 0.15) is 0 Å². The smallest absolute Gasteiger partial charge is 0 e. The minimum Gasteiger partial charge on any atom is -0.344 e. The predicted molar refractivity (Wildman–Crippen MR) is 20.1 cm³/mol. The van der Waals surface area contributed by atoms with Gasteiger partial charge in [-0.15, -0.1) is 0 Å². The second kappa shape index (κ2) is 102. The second-order valence-corrected chi connectivity index (χ2v) is 0. The van der Waals surface area contributed by atoms with Gasteiger partial charge in [0.2, 0.25) is 0 Å². The molecule has 0 saturated heterocycles. The molecular weight excluding hydrogens is 383 g/mol. The molecule has 0 aromatic rings. The SMILES string of the molecule is N.N.N.N.[Ti].[Ti].[Ti].[W]. The van der Waals surface area contributed by atoms with E-state index in [9.17, 15) is 0 Å². The fraction of sp³-hybridized carbons (Fsp3) is 0. The third-order valence-electron chi connectivity index (χ3n) is 0. The van der Waals surface area contributed by atoms with Gasteiger partial charge in [-0.2, -0.15) is 0 Å². The standard InChI is InChI=1S/4H3N.3Ti.W/h4*1H3;;;;. The van der Waals surface area contributed by atoms with Crippen LogP contribution in [0.25, 0.3) is 0 Å². The second-order valence-electron chi connectivity index (χ2n) is 0. The van der Waals surface area contributed by atoms with Crippen LogP contribution in [-0.4, -0.2) is 0 Å². The molecule has 0 unspecified atom stereocenters. The molecule has 8 heteroatoms. The van der Waals surface area contributed by atoms with Crippen molar-refractivity contribution in [3.63, 3.8) is 0 Å². The van der Waals surface area contributed by atoms with E-state index in [1.807, 2.05) is 0 Å². The molecular formula is H12N4Ti3W. The zero-order chi connectivity index (χ0) is 0. The van der Waals surface area contributed by atoms with Crippen molar-refractivity contribution in [2.24, 2.45) is 0 Å². The Bertz CT molecular complexity index is 11.2. The van der Waals surface area contributed by atoms with Gasteiger partial charge in [0.15, 0.2) is 0 Å². The minimum absolute atomic E-state index is 0. The van der Waals surface area contributed by atoms with Crippen LogP contribution in [0, 0.1) is 0 Å². The summed E-state index contributed by atoms with van der Waals surface area (Å²) >= 11 is 0. The third kappa shape index (κ3) is 71.5. The van der Waals surface area contributed by atoms with Crippen molar-refractivity contribution in [3.05, 3.63) is 0 Å². The Morgan fingerprint density at radius 2 is 0.375 bits per heavy atom. The molecule has 0 amide bonds. The average Bonchev–Trinajstić information content (AvgIpc) is 0. The van der Waals surface area contributed by atoms with E-state index in [4.69, 9.17) is 0 Å². The fourth-order valence-corrected chi connectivity index (χ4v) is 0. The summed E-state index contributed by atoms with van der Waals surface area (Å²) < 4.78 is 0. The molecule has 0 aromatic heterocycles. The van der Waals surface area contributed by atoms with Crippen LogP contribution in [0.5, 0.6) is 0 Å². The zero-order valence-electron chi connectivity index (χ0n) is 4.74. The Hall–Kier alpha value is 2.67. The molecule has 12 N–H and O–H groups in total. The van der Waals surface area contributed by atoms with Crippen LogP contribution in [0.1, 0.15) is 0 Å². The van der Waals surface area contributed by atoms with Crippen molar-refractivity contribution < 1.29 is 86.2 Å². The molecule has 0 heterocycles. The van der Waals surface area contributed by atoms with E-state index in [0.717, 1.165) is 0 Å². The van der Waals surface area contributed by atoms with Gasteiger partial charge in [-0.1, -0.05) is 0 Å². The molecule has 0 spiro atoms. The summed E-state index contributed by atoms with van der Waals surface area (Å²) in [6, 6.07) is 0. The summed E-state index contributed by atoms with van der Waals surface area (Å²) in [5, 5.41) is 0. The van der Waals surface area contributed by atoms with Crippen molar-refractivity contribution in [1.29, 1.82) is 0 Å². The van der Waals surface area contributed by atoms with Crippen LogP contribution >= 0.6 is 0 Å². The molecule has 0 radical (unpaired) electrons. The van der Waals surface area contributed by atoms with Gasteiger partial charge in [-0.25, -0.2) is 0 Å². The Kier molecular flexibility index (Phi) is 1780. The summed E-state index contributed by atoms with van der Waals surface area (Å²) in [5.74, 6) is 0. The van der Waals surface area contributed by atoms with Crippen LogP contribution in [0.4, 0.5) is 0 Å². The normalized spacial score (nSPS) is 0. The van der Waals surface area contributed by atoms with Crippen molar-refractivity contribution in [2.75, 3.05) is 0 Å². The molecule has 0 aliphatic carbocycles. The van der Waals surface area contributed by atoms with E-state index in [0.29, 0.717) is 0 Å². The van der Waals surface area contributed by atoms with Crippen LogP contribution in [0.2, 0.25) is 0 Å². The predicted octanol–water partition coefficient (Wildman–Crippen LogP) is 0.638. The summed E-state index contributed by atoms with van der Waals surface area (Å²) in [6.45, 7) is 0. The Balaban J connectivity index is 0. The Morgan fingerprint density at radius 1 is 0.375 bits per heavy atom. The molecule has 0 rings (SSSR count). The van der Waals surface area contributed by atoms with Gasteiger partial charge >= 0.3 is 0 Å². The molecule has 0 aliphatic rings. The van der Waals surface area contributed by atoms with Crippen molar-refractivity contribution in [3.8, 4) is 0 Å². The van der Waals surface area contributed by atoms with Crippen molar-refractivity contribution in [2.45, 2.75) is 0 Å². The topological polar surface area (TPSA) is 140 Å². The first-order chi connectivity index (χ1) is 0. The first kappa shape index (κ1) is 140. The molecule has 0 aliphatic heterocycles. The van der Waals surface area contributed by atoms with Gasteiger partial charge in [0.05, 0.1) is 0 Å². The summed E-state index contributed by atoms with van der Waals surface area (Å²) in [5.41, 5.74) is 0. The first-order valence-electron chi connectivity index (χ1n) is 0. The van der Waals surface area contributed by atoms with Crippen LogP contribution in [0.15, 0.2) is 0 Å². The maximum absolute atomic E-state index is 0. The molecule has 8 heavy (non-hydrogen) atoms. The van der Waals surface area contributed by atoms with E-state index in [1.54, 1.807) is 0 Å². The van der Waals surface area contributed by atoms with Crippen molar-refractivity contribution >= 4 is 0 Å². The van der Waals surface area contributed by atoms with Crippen molar-refractivity contribution in [1.82, 2.24) is 24.6 Å². The Labute approximate surface area is 109 Å². The van der Waals surface area contributed by atoms with E-state index < -0.39 is 0 Å². The molecule has 0 atom stereocenters. The summed E-state index contributed by atoms with van der Waals surface area (Å²) in [4.78, 5) is 0. The number of hydrogen-bond acceptors (Lipinski definition) is 4. The maximum Gasteiger partial charge on any atom is 0 e. The van der Waals surface area contributed by atoms with E-state index in [1.165, 1.54) is 0 Å². The van der Waals surface area contributed by atoms with Gasteiger partial charge in [0.25, 0.3) is 0 Å². The van der Waals surface area contributed by atoms with Crippen LogP contribution < -0.4 is 24.6 Å². The first-order valence-corrected chi connectivity index (χ1v) is 0. The number of rotatable bonds is 0. The molecule has 0 saturated carbocycles. The summed E-state index contributed by atoms with van der Waals surface area (Å²) in [6.07, 6.45) is 0. The van der Waals surface area contributed by atoms with E-state index in [-0.39, 0.29) is 111 Å². The number of hydrogen-bond donors (Lipinski definition) is 4. The van der Waals surface area contributed by atoms with Gasteiger partial charge in [0, 0.05) is 86.2 Å². The van der Waals surface area contributed by atoms with Gasteiger partial charge in [-0.3, -0.25) is 0 Å². The van der Waals surface area contributed by atoms with Crippen LogP contribution in [-0.2, 0) is 86.2 Å².